The third-order valence-corrected chi connectivity index (χ3v) is 5.22. The number of carbonyl (C=O) groups excluding carboxylic acids is 1. The molecule has 1 aromatic rings. The number of amides is 1. The maximum atomic E-state index is 11.9. The number of ether oxygens (including phenoxy) is 2. The van der Waals surface area contributed by atoms with Crippen LogP contribution >= 0.6 is 0 Å². The normalized spacial score (nSPS) is 19.6. The number of methoxy groups -OCH3 is 2. The van der Waals surface area contributed by atoms with E-state index in [4.69, 9.17) is 9.47 Å². The molecule has 0 aliphatic carbocycles. The second-order valence-electron chi connectivity index (χ2n) is 5.10. The topological polar surface area (TPSA) is 93.7 Å². The molecule has 22 heavy (non-hydrogen) atoms. The molecule has 0 bridgehead atoms. The van der Waals surface area contributed by atoms with Gasteiger partial charge < -0.3 is 20.1 Å². The lowest BCUT2D eigenvalue weighted by molar-refractivity contribution is -0.115. The van der Waals surface area contributed by atoms with Gasteiger partial charge in [-0.1, -0.05) is 0 Å². The first-order valence-electron chi connectivity index (χ1n) is 6.89. The molecule has 1 aromatic carbocycles. The average molecular weight is 328 g/mol. The number of hydrogen-bond donors (Lipinski definition) is 2. The summed E-state index contributed by atoms with van der Waals surface area (Å²) in [6, 6.07) is 4.92. The minimum atomic E-state index is -2.94. The highest BCUT2D eigenvalue weighted by Gasteiger charge is 2.27. The van der Waals surface area contributed by atoms with Crippen LogP contribution in [0.15, 0.2) is 18.2 Å². The molecule has 1 unspecified atom stereocenters. The Morgan fingerprint density at radius 2 is 2.00 bits per heavy atom. The fraction of sp³-hybridized carbons (Fsp3) is 0.500. The lowest BCUT2D eigenvalue weighted by Crippen LogP contribution is -2.36. The second-order valence-corrected chi connectivity index (χ2v) is 7.33. The van der Waals surface area contributed by atoms with E-state index in [1.54, 1.807) is 18.2 Å². The van der Waals surface area contributed by atoms with Gasteiger partial charge >= 0.3 is 0 Å². The van der Waals surface area contributed by atoms with E-state index in [0.717, 1.165) is 0 Å². The van der Waals surface area contributed by atoms with Gasteiger partial charge in [0.1, 0.15) is 0 Å². The van der Waals surface area contributed by atoms with E-state index in [1.807, 2.05) is 0 Å². The fourth-order valence-electron chi connectivity index (χ4n) is 2.31. The maximum absolute atomic E-state index is 11.9. The van der Waals surface area contributed by atoms with Crippen molar-refractivity contribution in [2.24, 2.45) is 0 Å². The van der Waals surface area contributed by atoms with Crippen LogP contribution in [0.4, 0.5) is 5.69 Å². The zero-order chi connectivity index (χ0) is 16.2. The third-order valence-electron chi connectivity index (χ3n) is 3.45. The smallest absolute Gasteiger partial charge is 0.238 e. The molecule has 2 rings (SSSR count). The molecule has 0 spiro atoms. The highest BCUT2D eigenvalue weighted by molar-refractivity contribution is 7.91. The Kier molecular flexibility index (Phi) is 5.25. The SMILES string of the molecule is COc1ccc(NC(=O)CNC2CCS(=O)(=O)C2)cc1OC. The van der Waals surface area contributed by atoms with Gasteiger partial charge in [-0.2, -0.15) is 0 Å². The maximum Gasteiger partial charge on any atom is 0.238 e. The lowest BCUT2D eigenvalue weighted by Gasteiger charge is -2.12. The summed E-state index contributed by atoms with van der Waals surface area (Å²) in [7, 11) is 0.113. The van der Waals surface area contributed by atoms with Gasteiger partial charge in [0.15, 0.2) is 21.3 Å². The molecule has 2 N–H and O–H groups in total. The van der Waals surface area contributed by atoms with Crippen molar-refractivity contribution in [1.29, 1.82) is 0 Å². The number of benzene rings is 1. The summed E-state index contributed by atoms with van der Waals surface area (Å²) < 4.78 is 33.0. The molecule has 8 heteroatoms. The van der Waals surface area contributed by atoms with Crippen LogP contribution in [0.25, 0.3) is 0 Å². The molecule has 0 saturated carbocycles. The Morgan fingerprint density at radius 3 is 2.59 bits per heavy atom. The zero-order valence-electron chi connectivity index (χ0n) is 12.6. The lowest BCUT2D eigenvalue weighted by atomic mass is 10.2. The van der Waals surface area contributed by atoms with Crippen molar-refractivity contribution < 1.29 is 22.7 Å². The van der Waals surface area contributed by atoms with Gasteiger partial charge in [-0.15, -0.1) is 0 Å². The third kappa shape index (κ3) is 4.35. The van der Waals surface area contributed by atoms with E-state index in [0.29, 0.717) is 23.6 Å². The van der Waals surface area contributed by atoms with E-state index in [1.165, 1.54) is 14.2 Å². The number of nitrogens with one attached hydrogen (secondary N) is 2. The second kappa shape index (κ2) is 6.97. The summed E-state index contributed by atoms with van der Waals surface area (Å²) in [5.41, 5.74) is 0.587. The van der Waals surface area contributed by atoms with Crippen LogP contribution in [0.1, 0.15) is 6.42 Å². The summed E-state index contributed by atoms with van der Waals surface area (Å²) in [6.07, 6.45) is 0.548. The van der Waals surface area contributed by atoms with Gasteiger partial charge in [0.25, 0.3) is 0 Å². The van der Waals surface area contributed by atoms with Crippen LogP contribution < -0.4 is 20.1 Å². The number of rotatable bonds is 6. The first kappa shape index (κ1) is 16.6. The molecule has 1 saturated heterocycles. The van der Waals surface area contributed by atoms with E-state index in [9.17, 15) is 13.2 Å². The number of hydrogen-bond acceptors (Lipinski definition) is 6. The first-order chi connectivity index (χ1) is 10.4. The van der Waals surface area contributed by atoms with Gasteiger partial charge in [-0.3, -0.25) is 4.79 Å². The van der Waals surface area contributed by atoms with Crippen LogP contribution in [0.3, 0.4) is 0 Å². The van der Waals surface area contributed by atoms with E-state index in [-0.39, 0.29) is 30.0 Å². The highest BCUT2D eigenvalue weighted by atomic mass is 32.2. The monoisotopic (exact) mass is 328 g/mol. The van der Waals surface area contributed by atoms with Crippen molar-refractivity contribution in [2.75, 3.05) is 37.6 Å². The summed E-state index contributed by atoms with van der Waals surface area (Å²) in [5.74, 6) is 1.14. The molecular weight excluding hydrogens is 308 g/mol. The molecule has 7 nitrogen and oxygen atoms in total. The molecule has 1 atom stereocenters. The van der Waals surface area contributed by atoms with E-state index >= 15 is 0 Å². The van der Waals surface area contributed by atoms with Gasteiger partial charge in [0.2, 0.25) is 5.91 Å². The predicted molar refractivity (Wildman–Crippen MR) is 83.2 cm³/mol. The molecule has 0 aromatic heterocycles. The van der Waals surface area contributed by atoms with Gasteiger partial charge in [-0.05, 0) is 18.6 Å². The molecule has 122 valence electrons. The number of sulfone groups is 1. The Bertz CT molecular complexity index is 645. The minimum absolute atomic E-state index is 0.0640. The molecular formula is C14H20N2O5S. The standard InChI is InChI=1S/C14H20N2O5S/c1-20-12-4-3-10(7-13(12)21-2)16-14(17)8-15-11-5-6-22(18,19)9-11/h3-4,7,11,15H,5-6,8-9H2,1-2H3,(H,16,17). The summed E-state index contributed by atoms with van der Waals surface area (Å²) >= 11 is 0. The highest BCUT2D eigenvalue weighted by Crippen LogP contribution is 2.29. The van der Waals surface area contributed by atoms with Gasteiger partial charge in [0, 0.05) is 17.8 Å². The largest absolute Gasteiger partial charge is 0.493 e. The van der Waals surface area contributed by atoms with Crippen LogP contribution in [0, 0.1) is 0 Å². The Labute approximate surface area is 129 Å². The van der Waals surface area contributed by atoms with Crippen molar-refractivity contribution in [3.8, 4) is 11.5 Å². The van der Waals surface area contributed by atoms with Crippen molar-refractivity contribution in [2.45, 2.75) is 12.5 Å². The molecule has 1 aliphatic rings. The summed E-state index contributed by atoms with van der Waals surface area (Å²) in [6.45, 7) is 0.0640. The summed E-state index contributed by atoms with van der Waals surface area (Å²) in [4.78, 5) is 11.9. The zero-order valence-corrected chi connectivity index (χ0v) is 13.4. The first-order valence-corrected chi connectivity index (χ1v) is 8.71. The molecule has 1 heterocycles. The van der Waals surface area contributed by atoms with Crippen LogP contribution in [0.5, 0.6) is 11.5 Å². The quantitative estimate of drug-likeness (QED) is 0.786. The molecule has 1 aliphatic heterocycles. The average Bonchev–Trinajstić information content (AvgIpc) is 2.84. The molecule has 0 radical (unpaired) electrons. The van der Waals surface area contributed by atoms with Gasteiger partial charge in [0.05, 0.1) is 32.3 Å². The van der Waals surface area contributed by atoms with Crippen molar-refractivity contribution in [1.82, 2.24) is 5.32 Å². The van der Waals surface area contributed by atoms with E-state index in [2.05, 4.69) is 10.6 Å². The van der Waals surface area contributed by atoms with Gasteiger partial charge in [-0.25, -0.2) is 8.42 Å². The van der Waals surface area contributed by atoms with Crippen LogP contribution in [-0.2, 0) is 14.6 Å². The van der Waals surface area contributed by atoms with Crippen LogP contribution in [-0.4, -0.2) is 52.6 Å². The number of carbonyl (C=O) groups is 1. The predicted octanol–water partition coefficient (Wildman–Crippen LogP) is 0.419. The van der Waals surface area contributed by atoms with Crippen molar-refractivity contribution >= 4 is 21.4 Å². The summed E-state index contributed by atoms with van der Waals surface area (Å²) in [5, 5.41) is 5.69. The molecule has 1 fully saturated rings. The Hall–Kier alpha value is -1.80. The van der Waals surface area contributed by atoms with Crippen molar-refractivity contribution in [3.63, 3.8) is 0 Å². The van der Waals surface area contributed by atoms with Crippen molar-refractivity contribution in [3.05, 3.63) is 18.2 Å². The molecule has 1 amide bonds. The fourth-order valence-corrected chi connectivity index (χ4v) is 4.02. The Balaban J connectivity index is 1.87. The van der Waals surface area contributed by atoms with Crippen LogP contribution in [0.2, 0.25) is 0 Å². The van der Waals surface area contributed by atoms with E-state index < -0.39 is 9.84 Å². The number of anilines is 1. The Morgan fingerprint density at radius 1 is 1.27 bits per heavy atom. The minimum Gasteiger partial charge on any atom is -0.493 e.